The summed E-state index contributed by atoms with van der Waals surface area (Å²) in [5.41, 5.74) is 6.51. The maximum absolute atomic E-state index is 6.15. The molecule has 2 nitrogen and oxygen atoms in total. The Kier molecular flexibility index (Phi) is 3.59. The first-order chi connectivity index (χ1) is 6.41. The highest BCUT2D eigenvalue weighted by atomic mass is 15.0. The van der Waals surface area contributed by atoms with Gasteiger partial charge in [-0.05, 0) is 31.1 Å². The highest BCUT2D eigenvalue weighted by Crippen LogP contribution is 2.40. The van der Waals surface area contributed by atoms with Crippen LogP contribution in [0.5, 0.6) is 0 Å². The van der Waals surface area contributed by atoms with E-state index in [2.05, 4.69) is 39.9 Å². The molecule has 0 aromatic rings. The van der Waals surface area contributed by atoms with Crippen molar-refractivity contribution in [3.63, 3.8) is 0 Å². The van der Waals surface area contributed by atoms with Crippen LogP contribution >= 0.6 is 0 Å². The summed E-state index contributed by atoms with van der Waals surface area (Å²) in [4.78, 5) is 0. The summed E-state index contributed by atoms with van der Waals surface area (Å²) in [6.07, 6.45) is 2.35. The van der Waals surface area contributed by atoms with E-state index in [-0.39, 0.29) is 0 Å². The normalized spacial score (nSPS) is 44.4. The van der Waals surface area contributed by atoms with Crippen LogP contribution in [0.1, 0.15) is 47.5 Å². The second-order valence-corrected chi connectivity index (χ2v) is 5.44. The van der Waals surface area contributed by atoms with Crippen molar-refractivity contribution in [1.29, 1.82) is 0 Å². The van der Waals surface area contributed by atoms with Crippen LogP contribution < -0.4 is 11.1 Å². The van der Waals surface area contributed by atoms with Gasteiger partial charge in [-0.2, -0.15) is 0 Å². The van der Waals surface area contributed by atoms with E-state index in [1.165, 1.54) is 6.42 Å². The molecule has 0 amide bonds. The van der Waals surface area contributed by atoms with Crippen molar-refractivity contribution in [2.75, 3.05) is 0 Å². The lowest BCUT2D eigenvalue weighted by atomic mass is 9.65. The Morgan fingerprint density at radius 2 is 2.07 bits per heavy atom. The van der Waals surface area contributed by atoms with E-state index in [1.807, 2.05) is 0 Å². The highest BCUT2D eigenvalue weighted by Gasteiger charge is 2.42. The molecule has 1 aliphatic rings. The third-order valence-electron chi connectivity index (χ3n) is 4.31. The average molecular weight is 198 g/mol. The molecular formula is C12H26N2. The van der Waals surface area contributed by atoms with Crippen molar-refractivity contribution in [3.05, 3.63) is 0 Å². The maximum atomic E-state index is 6.15. The van der Waals surface area contributed by atoms with Crippen molar-refractivity contribution in [3.8, 4) is 0 Å². The molecule has 1 heterocycles. The van der Waals surface area contributed by atoms with Gasteiger partial charge in [0.05, 0.1) is 0 Å². The van der Waals surface area contributed by atoms with E-state index >= 15 is 0 Å². The van der Waals surface area contributed by atoms with Crippen LogP contribution in [0.15, 0.2) is 0 Å². The molecular weight excluding hydrogens is 172 g/mol. The van der Waals surface area contributed by atoms with Gasteiger partial charge in [-0.25, -0.2) is 0 Å². The summed E-state index contributed by atoms with van der Waals surface area (Å²) in [6.45, 7) is 11.5. The molecule has 0 aromatic heterocycles. The predicted octanol–water partition coefficient (Wildman–Crippen LogP) is 2.14. The van der Waals surface area contributed by atoms with Gasteiger partial charge >= 0.3 is 0 Å². The van der Waals surface area contributed by atoms with Crippen molar-refractivity contribution in [2.24, 2.45) is 17.1 Å². The standard InChI is InChI=1S/C12H26N2/c1-6-11-12(5,8(2)3)7-10(13)9(4)14-11/h8-11,14H,6-7,13H2,1-5H3/t9-,10-,11?,12?/m1/s1. The first-order valence-electron chi connectivity index (χ1n) is 5.93. The van der Waals surface area contributed by atoms with Crippen LogP contribution in [0, 0.1) is 11.3 Å². The third-order valence-corrected chi connectivity index (χ3v) is 4.31. The molecule has 2 heteroatoms. The van der Waals surface area contributed by atoms with Crippen LogP contribution in [0.2, 0.25) is 0 Å². The average Bonchev–Trinajstić information content (AvgIpc) is 2.11. The fourth-order valence-electron chi connectivity index (χ4n) is 2.68. The van der Waals surface area contributed by atoms with Gasteiger partial charge in [0, 0.05) is 18.1 Å². The molecule has 0 radical (unpaired) electrons. The molecule has 0 bridgehead atoms. The molecule has 14 heavy (non-hydrogen) atoms. The molecule has 0 aliphatic carbocycles. The van der Waals surface area contributed by atoms with Crippen molar-refractivity contribution in [2.45, 2.75) is 65.6 Å². The Labute approximate surface area is 88.6 Å². The first kappa shape index (κ1) is 12.0. The number of nitrogens with one attached hydrogen (secondary N) is 1. The lowest BCUT2D eigenvalue weighted by molar-refractivity contribution is 0.0620. The molecule has 1 rings (SSSR count). The Morgan fingerprint density at radius 1 is 1.50 bits per heavy atom. The van der Waals surface area contributed by atoms with Gasteiger partial charge in [0.15, 0.2) is 0 Å². The number of piperidine rings is 1. The summed E-state index contributed by atoms with van der Waals surface area (Å²) >= 11 is 0. The van der Waals surface area contributed by atoms with Gasteiger partial charge in [0.2, 0.25) is 0 Å². The molecule has 1 saturated heterocycles. The minimum Gasteiger partial charge on any atom is -0.326 e. The van der Waals surface area contributed by atoms with Crippen molar-refractivity contribution >= 4 is 0 Å². The van der Waals surface area contributed by atoms with Gasteiger partial charge < -0.3 is 11.1 Å². The van der Waals surface area contributed by atoms with E-state index in [0.29, 0.717) is 29.5 Å². The van der Waals surface area contributed by atoms with Crippen molar-refractivity contribution < 1.29 is 0 Å². The summed E-state index contributed by atoms with van der Waals surface area (Å²) < 4.78 is 0. The topological polar surface area (TPSA) is 38.0 Å². The lowest BCUT2D eigenvalue weighted by Gasteiger charge is -2.50. The maximum Gasteiger partial charge on any atom is 0.0197 e. The molecule has 1 fully saturated rings. The van der Waals surface area contributed by atoms with Crippen molar-refractivity contribution in [1.82, 2.24) is 5.32 Å². The number of hydrogen-bond acceptors (Lipinski definition) is 2. The molecule has 0 saturated carbocycles. The molecule has 0 aromatic carbocycles. The Morgan fingerprint density at radius 3 is 2.50 bits per heavy atom. The smallest absolute Gasteiger partial charge is 0.0197 e. The van der Waals surface area contributed by atoms with E-state index in [0.717, 1.165) is 6.42 Å². The molecule has 84 valence electrons. The quantitative estimate of drug-likeness (QED) is 0.713. The molecule has 1 aliphatic heterocycles. The molecule has 4 atom stereocenters. The third kappa shape index (κ3) is 1.96. The zero-order valence-electron chi connectivity index (χ0n) is 10.3. The second-order valence-electron chi connectivity index (χ2n) is 5.44. The summed E-state index contributed by atoms with van der Waals surface area (Å²) in [5.74, 6) is 0.693. The predicted molar refractivity (Wildman–Crippen MR) is 62.2 cm³/mol. The van der Waals surface area contributed by atoms with Gasteiger partial charge in [-0.15, -0.1) is 0 Å². The largest absolute Gasteiger partial charge is 0.326 e. The Bertz CT molecular complexity index is 191. The van der Waals surface area contributed by atoms with Crippen LogP contribution in [-0.4, -0.2) is 18.1 Å². The van der Waals surface area contributed by atoms with E-state index in [1.54, 1.807) is 0 Å². The van der Waals surface area contributed by atoms with Crippen LogP contribution in [0.4, 0.5) is 0 Å². The molecule has 3 N–H and O–H groups in total. The minimum absolute atomic E-state index is 0.310. The second kappa shape index (κ2) is 4.19. The number of nitrogens with two attached hydrogens (primary N) is 1. The zero-order valence-corrected chi connectivity index (χ0v) is 10.3. The number of rotatable bonds is 2. The Balaban J connectivity index is 2.82. The van der Waals surface area contributed by atoms with Gasteiger partial charge in [-0.3, -0.25) is 0 Å². The molecule has 2 unspecified atom stereocenters. The van der Waals surface area contributed by atoms with Crippen LogP contribution in [-0.2, 0) is 0 Å². The summed E-state index contributed by atoms with van der Waals surface area (Å²) in [6, 6.07) is 1.40. The lowest BCUT2D eigenvalue weighted by Crippen LogP contribution is -2.61. The van der Waals surface area contributed by atoms with E-state index in [9.17, 15) is 0 Å². The molecule has 0 spiro atoms. The zero-order chi connectivity index (χ0) is 10.9. The van der Waals surface area contributed by atoms with E-state index in [4.69, 9.17) is 5.73 Å². The van der Waals surface area contributed by atoms with Gasteiger partial charge in [-0.1, -0.05) is 27.7 Å². The monoisotopic (exact) mass is 198 g/mol. The summed E-state index contributed by atoms with van der Waals surface area (Å²) in [7, 11) is 0. The van der Waals surface area contributed by atoms with Gasteiger partial charge in [0.25, 0.3) is 0 Å². The van der Waals surface area contributed by atoms with Crippen LogP contribution in [0.3, 0.4) is 0 Å². The van der Waals surface area contributed by atoms with Crippen LogP contribution in [0.25, 0.3) is 0 Å². The Hall–Kier alpha value is -0.0800. The number of hydrogen-bond donors (Lipinski definition) is 2. The van der Waals surface area contributed by atoms with E-state index < -0.39 is 0 Å². The fraction of sp³-hybridized carbons (Fsp3) is 1.00. The first-order valence-corrected chi connectivity index (χ1v) is 5.93. The minimum atomic E-state index is 0.310. The fourth-order valence-corrected chi connectivity index (χ4v) is 2.68. The SMILES string of the molecule is CCC1N[C@H](C)[C@H](N)CC1(C)C(C)C. The van der Waals surface area contributed by atoms with Gasteiger partial charge in [0.1, 0.15) is 0 Å². The summed E-state index contributed by atoms with van der Waals surface area (Å²) in [5, 5.41) is 3.66. The highest BCUT2D eigenvalue weighted by molar-refractivity contribution is 5.00.